The minimum atomic E-state index is -4.51. The van der Waals surface area contributed by atoms with Crippen LogP contribution in [0.3, 0.4) is 0 Å². The number of alkyl halides is 3. The van der Waals surface area contributed by atoms with Gasteiger partial charge in [0.1, 0.15) is 10.7 Å². The van der Waals surface area contributed by atoms with E-state index < -0.39 is 11.7 Å². The number of nitrogens with zero attached hydrogens (tertiary/aromatic N) is 5. The Bertz CT molecular complexity index is 1080. The summed E-state index contributed by atoms with van der Waals surface area (Å²) in [5.74, 6) is 0.883. The van der Waals surface area contributed by atoms with Gasteiger partial charge in [0.15, 0.2) is 5.76 Å². The number of hydrogen-bond acceptors (Lipinski definition) is 6. The van der Waals surface area contributed by atoms with Crippen molar-refractivity contribution in [1.82, 2.24) is 24.6 Å². The molecular weight excluding hydrogens is 391 g/mol. The highest BCUT2D eigenvalue weighted by Gasteiger charge is 2.31. The molecule has 26 heavy (non-hydrogen) atoms. The predicted octanol–water partition coefficient (Wildman–Crippen LogP) is 4.60. The zero-order valence-electron chi connectivity index (χ0n) is 12.6. The Morgan fingerprint density at radius 3 is 2.73 bits per heavy atom. The van der Waals surface area contributed by atoms with Gasteiger partial charge in [0.2, 0.25) is 5.16 Å². The number of halogens is 4. The van der Waals surface area contributed by atoms with Crippen LogP contribution in [0.15, 0.2) is 57.5 Å². The van der Waals surface area contributed by atoms with Crippen molar-refractivity contribution >= 4 is 29.1 Å². The molecular formula is C15H7ClF3N5OS. The second-order valence-corrected chi connectivity index (χ2v) is 6.39. The molecule has 0 radical (unpaired) electrons. The fourth-order valence-corrected chi connectivity index (χ4v) is 3.14. The molecule has 0 atom stereocenters. The summed E-state index contributed by atoms with van der Waals surface area (Å²) in [5.41, 5.74) is -0.289. The average Bonchev–Trinajstić information content (AvgIpc) is 3.24. The van der Waals surface area contributed by atoms with Crippen molar-refractivity contribution in [2.45, 2.75) is 16.4 Å². The second-order valence-electron chi connectivity index (χ2n) is 5.02. The quantitative estimate of drug-likeness (QED) is 0.503. The van der Waals surface area contributed by atoms with E-state index in [0.29, 0.717) is 17.2 Å². The van der Waals surface area contributed by atoms with Crippen LogP contribution < -0.4 is 0 Å². The molecule has 0 aliphatic carbocycles. The first kappa shape index (κ1) is 16.9. The van der Waals surface area contributed by atoms with E-state index in [-0.39, 0.29) is 15.2 Å². The standard InChI is InChI=1S/C15H7ClF3N5OS/c16-9-6-8(15(17,18)19)7-21-12(9)26-14-22-13-20-4-3-10(24(13)23-14)11-2-1-5-25-11/h1-7H. The molecule has 0 unspecified atom stereocenters. The fourth-order valence-electron chi connectivity index (χ4n) is 2.17. The molecule has 0 amide bonds. The Labute approximate surface area is 153 Å². The van der Waals surface area contributed by atoms with E-state index >= 15 is 0 Å². The number of hydrogen-bond donors (Lipinski definition) is 0. The molecule has 0 aromatic carbocycles. The van der Waals surface area contributed by atoms with Crippen LogP contribution in [-0.4, -0.2) is 24.6 Å². The van der Waals surface area contributed by atoms with Gasteiger partial charge in [0.25, 0.3) is 5.78 Å². The summed E-state index contributed by atoms with van der Waals surface area (Å²) in [5, 5.41) is 4.57. The van der Waals surface area contributed by atoms with Gasteiger partial charge in [-0.05, 0) is 36.0 Å². The van der Waals surface area contributed by atoms with Crippen molar-refractivity contribution in [2.75, 3.05) is 0 Å². The van der Waals surface area contributed by atoms with Crippen LogP contribution in [-0.2, 0) is 6.18 Å². The van der Waals surface area contributed by atoms with Gasteiger partial charge >= 0.3 is 6.18 Å². The smallest absolute Gasteiger partial charge is 0.417 e. The molecule has 0 saturated heterocycles. The number of aromatic nitrogens is 5. The van der Waals surface area contributed by atoms with E-state index in [1.54, 1.807) is 24.4 Å². The summed E-state index contributed by atoms with van der Waals surface area (Å²) in [6.07, 6.45) is -0.709. The van der Waals surface area contributed by atoms with Crippen LogP contribution in [0.5, 0.6) is 0 Å². The Morgan fingerprint density at radius 1 is 1.19 bits per heavy atom. The van der Waals surface area contributed by atoms with Gasteiger partial charge in [-0.15, -0.1) is 5.10 Å². The Kier molecular flexibility index (Phi) is 4.08. The summed E-state index contributed by atoms with van der Waals surface area (Å²) in [6.45, 7) is 0. The van der Waals surface area contributed by atoms with E-state index in [9.17, 15) is 13.2 Å². The zero-order chi connectivity index (χ0) is 18.3. The Balaban J connectivity index is 1.69. The lowest BCUT2D eigenvalue weighted by molar-refractivity contribution is -0.137. The number of pyridine rings is 1. The predicted molar refractivity (Wildman–Crippen MR) is 86.9 cm³/mol. The number of furan rings is 1. The molecule has 4 aromatic rings. The van der Waals surface area contributed by atoms with Crippen LogP contribution in [0.25, 0.3) is 17.2 Å². The molecule has 0 saturated carbocycles. The highest BCUT2D eigenvalue weighted by Crippen LogP contribution is 2.35. The van der Waals surface area contributed by atoms with E-state index in [4.69, 9.17) is 16.0 Å². The normalized spacial score (nSPS) is 12.0. The van der Waals surface area contributed by atoms with Crippen molar-refractivity contribution in [3.8, 4) is 11.5 Å². The molecule has 11 heteroatoms. The molecule has 0 aliphatic rings. The number of rotatable bonds is 3. The van der Waals surface area contributed by atoms with Crippen molar-refractivity contribution in [1.29, 1.82) is 0 Å². The first-order valence-corrected chi connectivity index (χ1v) is 8.27. The topological polar surface area (TPSA) is 69.1 Å². The van der Waals surface area contributed by atoms with E-state index in [1.807, 2.05) is 0 Å². The summed E-state index contributed by atoms with van der Waals surface area (Å²) in [4.78, 5) is 12.1. The van der Waals surface area contributed by atoms with Crippen molar-refractivity contribution in [3.63, 3.8) is 0 Å². The largest absolute Gasteiger partial charge is 0.463 e. The molecule has 4 heterocycles. The lowest BCUT2D eigenvalue weighted by Crippen LogP contribution is -2.05. The number of fused-ring (bicyclic) bond motifs is 1. The highest BCUT2D eigenvalue weighted by molar-refractivity contribution is 7.99. The van der Waals surface area contributed by atoms with Crippen LogP contribution in [0, 0.1) is 0 Å². The van der Waals surface area contributed by atoms with Gasteiger partial charge in [0.05, 0.1) is 16.8 Å². The van der Waals surface area contributed by atoms with Gasteiger partial charge in [-0.1, -0.05) is 11.6 Å². The SMILES string of the molecule is FC(F)(F)c1cnc(Sc2nc3nccc(-c4ccco4)n3n2)c(Cl)c1. The van der Waals surface area contributed by atoms with E-state index in [0.717, 1.165) is 24.0 Å². The minimum Gasteiger partial charge on any atom is -0.463 e. The third-order valence-electron chi connectivity index (χ3n) is 3.32. The minimum absolute atomic E-state index is 0.136. The van der Waals surface area contributed by atoms with Crippen molar-refractivity contribution < 1.29 is 17.6 Å². The van der Waals surface area contributed by atoms with Crippen LogP contribution in [0.4, 0.5) is 13.2 Å². The van der Waals surface area contributed by atoms with Gasteiger partial charge in [-0.25, -0.2) is 9.97 Å². The highest BCUT2D eigenvalue weighted by atomic mass is 35.5. The van der Waals surface area contributed by atoms with Crippen LogP contribution in [0.2, 0.25) is 5.02 Å². The van der Waals surface area contributed by atoms with Crippen molar-refractivity contribution in [2.24, 2.45) is 0 Å². The first-order valence-electron chi connectivity index (χ1n) is 7.08. The third kappa shape index (κ3) is 3.13. The lowest BCUT2D eigenvalue weighted by atomic mass is 10.3. The van der Waals surface area contributed by atoms with Crippen molar-refractivity contribution in [3.05, 3.63) is 53.5 Å². The molecule has 0 aliphatic heterocycles. The van der Waals surface area contributed by atoms with Gasteiger partial charge < -0.3 is 4.42 Å². The van der Waals surface area contributed by atoms with E-state index in [1.165, 1.54) is 10.8 Å². The average molecular weight is 398 g/mol. The van der Waals surface area contributed by atoms with Gasteiger partial charge in [-0.2, -0.15) is 22.7 Å². The summed E-state index contributed by atoms with van der Waals surface area (Å²) in [7, 11) is 0. The maximum atomic E-state index is 12.7. The lowest BCUT2D eigenvalue weighted by Gasteiger charge is -2.07. The van der Waals surface area contributed by atoms with Gasteiger partial charge in [-0.3, -0.25) is 0 Å². The van der Waals surface area contributed by atoms with E-state index in [2.05, 4.69) is 20.1 Å². The maximum Gasteiger partial charge on any atom is 0.417 e. The molecule has 0 fully saturated rings. The molecule has 4 rings (SSSR count). The van der Waals surface area contributed by atoms with Crippen LogP contribution >= 0.6 is 23.4 Å². The fraction of sp³-hybridized carbons (Fsp3) is 0.0667. The molecule has 0 bridgehead atoms. The first-order chi connectivity index (χ1) is 12.4. The molecule has 132 valence electrons. The molecule has 0 spiro atoms. The second kappa shape index (κ2) is 6.29. The summed E-state index contributed by atoms with van der Waals surface area (Å²) >= 11 is 6.86. The molecule has 4 aromatic heterocycles. The molecule has 0 N–H and O–H groups in total. The molecule has 6 nitrogen and oxygen atoms in total. The summed E-state index contributed by atoms with van der Waals surface area (Å²) in [6, 6.07) is 6.02. The maximum absolute atomic E-state index is 12.7. The zero-order valence-corrected chi connectivity index (χ0v) is 14.2. The van der Waals surface area contributed by atoms with Crippen LogP contribution in [0.1, 0.15) is 5.56 Å². The van der Waals surface area contributed by atoms with Gasteiger partial charge in [0, 0.05) is 12.4 Å². The monoisotopic (exact) mass is 397 g/mol. The Morgan fingerprint density at radius 2 is 2.04 bits per heavy atom. The third-order valence-corrected chi connectivity index (χ3v) is 4.59. The Hall–Kier alpha value is -2.59. The summed E-state index contributed by atoms with van der Waals surface area (Å²) < 4.78 is 44.9.